The van der Waals surface area contributed by atoms with Gasteiger partial charge in [-0.3, -0.25) is 4.79 Å². The molecule has 0 fully saturated rings. The molecule has 230 valence electrons. The molecule has 0 saturated carbocycles. The molecule has 2 aromatic rings. The van der Waals surface area contributed by atoms with Gasteiger partial charge in [0.15, 0.2) is 17.3 Å². The third-order valence-corrected chi connectivity index (χ3v) is 8.39. The summed E-state index contributed by atoms with van der Waals surface area (Å²) in [4.78, 5) is 48.2. The Bertz CT molecular complexity index is 1300. The first-order chi connectivity index (χ1) is 19.3. The number of rotatable bonds is 11. The molecule has 0 heterocycles. The SMILES string of the molecule is CC(C)(C)OC(=O)N[C@@H](Cc1cc(I)c(Oc2cc(I)c(OC(=O)COCC(=O)C(C)(C)C)c(I)c2)c(I)c1)C(=O)O. The molecule has 0 aliphatic heterocycles. The van der Waals surface area contributed by atoms with E-state index >= 15 is 0 Å². The number of hydrogen-bond donors (Lipinski definition) is 2. The predicted molar refractivity (Wildman–Crippen MR) is 189 cm³/mol. The number of esters is 1. The van der Waals surface area contributed by atoms with Crippen LogP contribution in [0, 0.1) is 19.7 Å². The Kier molecular flexibility index (Phi) is 14.0. The maximum absolute atomic E-state index is 12.3. The van der Waals surface area contributed by atoms with E-state index in [1.807, 2.05) is 45.2 Å². The summed E-state index contributed by atoms with van der Waals surface area (Å²) in [5, 5.41) is 12.1. The minimum atomic E-state index is -1.18. The number of halogens is 4. The highest BCUT2D eigenvalue weighted by Crippen LogP contribution is 2.37. The van der Waals surface area contributed by atoms with Gasteiger partial charge >= 0.3 is 18.0 Å². The second-order valence-corrected chi connectivity index (χ2v) is 15.7. The van der Waals surface area contributed by atoms with Gasteiger partial charge in [0, 0.05) is 11.8 Å². The van der Waals surface area contributed by atoms with Crippen molar-refractivity contribution in [3.63, 3.8) is 0 Å². The number of ether oxygens (including phenoxy) is 4. The second kappa shape index (κ2) is 15.8. The first-order valence-electron chi connectivity index (χ1n) is 12.5. The topological polar surface area (TPSA) is 137 Å². The summed E-state index contributed by atoms with van der Waals surface area (Å²) in [6.07, 6.45) is -0.758. The highest BCUT2D eigenvalue weighted by Gasteiger charge is 2.26. The van der Waals surface area contributed by atoms with E-state index in [1.54, 1.807) is 65.8 Å². The molecule has 0 spiro atoms. The number of alkyl carbamates (subject to hydrolysis) is 1. The molecule has 0 aliphatic carbocycles. The van der Waals surface area contributed by atoms with Crippen LogP contribution in [0.3, 0.4) is 0 Å². The number of carboxylic acid groups (broad SMARTS) is 1. The predicted octanol–water partition coefficient (Wildman–Crippen LogP) is 6.95. The van der Waals surface area contributed by atoms with Gasteiger partial charge < -0.3 is 29.4 Å². The van der Waals surface area contributed by atoms with Crippen molar-refractivity contribution in [3.05, 3.63) is 44.1 Å². The van der Waals surface area contributed by atoms with Crippen molar-refractivity contribution >= 4 is 114 Å². The van der Waals surface area contributed by atoms with E-state index < -0.39 is 35.1 Å². The van der Waals surface area contributed by atoms with Crippen molar-refractivity contribution in [2.45, 2.75) is 59.6 Å². The van der Waals surface area contributed by atoms with Gasteiger partial charge in [0.2, 0.25) is 0 Å². The molecule has 0 saturated heterocycles. The maximum Gasteiger partial charge on any atom is 0.408 e. The van der Waals surface area contributed by atoms with Crippen LogP contribution in [0.4, 0.5) is 4.79 Å². The fourth-order valence-electron chi connectivity index (χ4n) is 3.11. The van der Waals surface area contributed by atoms with E-state index in [-0.39, 0.29) is 25.4 Å². The maximum atomic E-state index is 12.3. The molecule has 0 aromatic heterocycles. The van der Waals surface area contributed by atoms with Gasteiger partial charge in [0.25, 0.3) is 0 Å². The lowest BCUT2D eigenvalue weighted by Crippen LogP contribution is -2.44. The minimum Gasteiger partial charge on any atom is -0.480 e. The molecule has 10 nitrogen and oxygen atoms in total. The lowest BCUT2D eigenvalue weighted by molar-refractivity contribution is -0.142. The van der Waals surface area contributed by atoms with Crippen LogP contribution in [0.25, 0.3) is 0 Å². The summed E-state index contributed by atoms with van der Waals surface area (Å²) >= 11 is 8.30. The number of hydrogen-bond acceptors (Lipinski definition) is 8. The van der Waals surface area contributed by atoms with E-state index in [0.717, 1.165) is 7.14 Å². The Morgan fingerprint density at radius 2 is 1.36 bits per heavy atom. The molecule has 2 aromatic carbocycles. The quantitative estimate of drug-likeness (QED) is 0.139. The molecule has 0 radical (unpaired) electrons. The van der Waals surface area contributed by atoms with Crippen molar-refractivity contribution in [2.75, 3.05) is 13.2 Å². The largest absolute Gasteiger partial charge is 0.480 e. The van der Waals surface area contributed by atoms with Crippen LogP contribution in [-0.2, 0) is 30.3 Å². The number of aliphatic carboxylic acids is 1. The van der Waals surface area contributed by atoms with Gasteiger partial charge in [0.05, 0.1) is 14.3 Å². The summed E-state index contributed by atoms with van der Waals surface area (Å²) in [7, 11) is 0. The summed E-state index contributed by atoms with van der Waals surface area (Å²) in [5.74, 6) is -0.481. The van der Waals surface area contributed by atoms with Gasteiger partial charge in [0.1, 0.15) is 30.6 Å². The third kappa shape index (κ3) is 12.2. The zero-order valence-electron chi connectivity index (χ0n) is 23.7. The average Bonchev–Trinajstić information content (AvgIpc) is 2.81. The lowest BCUT2D eigenvalue weighted by Gasteiger charge is -2.22. The third-order valence-electron chi connectivity index (χ3n) is 5.18. The van der Waals surface area contributed by atoms with E-state index in [1.165, 1.54) is 0 Å². The summed E-state index contributed by atoms with van der Waals surface area (Å²) < 4.78 is 24.8. The minimum absolute atomic E-state index is 0.0464. The van der Waals surface area contributed by atoms with Crippen LogP contribution in [0.1, 0.15) is 47.1 Å². The average molecular weight is 1030 g/mol. The van der Waals surface area contributed by atoms with Crippen molar-refractivity contribution in [2.24, 2.45) is 5.41 Å². The number of amides is 1. The number of carbonyl (C=O) groups is 4. The molecular formula is C28H31I4NO9. The molecule has 2 N–H and O–H groups in total. The standard InChI is InChI=1S/C28H31I4NO9/c1-27(2,3)21(34)12-39-13-22(35)41-24-18(31)10-15(11-19(24)32)40-23-16(29)7-14(8-17(23)30)9-20(25(36)37)33-26(38)42-28(4,5)6/h7-8,10-11,20H,9,12-13H2,1-6H3,(H,33,38)(H,36,37)/t20-/m0/s1. The van der Waals surface area contributed by atoms with Crippen molar-refractivity contribution < 1.29 is 43.2 Å². The van der Waals surface area contributed by atoms with E-state index in [2.05, 4.69) is 50.5 Å². The second-order valence-electron chi connectivity index (χ2n) is 11.1. The zero-order valence-corrected chi connectivity index (χ0v) is 32.4. The lowest BCUT2D eigenvalue weighted by atomic mass is 9.91. The van der Waals surface area contributed by atoms with Crippen LogP contribution in [0.2, 0.25) is 0 Å². The first-order valence-corrected chi connectivity index (χ1v) is 16.8. The van der Waals surface area contributed by atoms with Crippen molar-refractivity contribution in [1.82, 2.24) is 5.32 Å². The molecule has 2 rings (SSSR count). The summed E-state index contributed by atoms with van der Waals surface area (Å²) in [6, 6.07) is 5.85. The Balaban J connectivity index is 2.12. The van der Waals surface area contributed by atoms with Gasteiger partial charge in [-0.1, -0.05) is 20.8 Å². The van der Waals surface area contributed by atoms with Crippen LogP contribution in [-0.4, -0.2) is 53.8 Å². The molecule has 1 amide bonds. The first kappa shape index (κ1) is 37.2. The highest BCUT2D eigenvalue weighted by atomic mass is 127. The summed E-state index contributed by atoms with van der Waals surface area (Å²) in [5.41, 5.74) is -0.619. The Hall–Kier alpha value is -1.00. The fourth-order valence-corrected chi connectivity index (χ4v) is 7.16. The van der Waals surface area contributed by atoms with Crippen LogP contribution in [0.5, 0.6) is 17.2 Å². The van der Waals surface area contributed by atoms with Gasteiger partial charge in [-0.25, -0.2) is 14.4 Å². The van der Waals surface area contributed by atoms with Crippen molar-refractivity contribution in [3.8, 4) is 17.2 Å². The van der Waals surface area contributed by atoms with Gasteiger partial charge in [-0.2, -0.15) is 0 Å². The zero-order chi connectivity index (χ0) is 32.0. The molecule has 1 atom stereocenters. The number of carboxylic acids is 1. The number of nitrogens with one attached hydrogen (secondary N) is 1. The molecule has 0 bridgehead atoms. The van der Waals surface area contributed by atoms with E-state index in [9.17, 15) is 24.3 Å². The van der Waals surface area contributed by atoms with Crippen molar-refractivity contribution in [1.29, 1.82) is 0 Å². The van der Waals surface area contributed by atoms with E-state index in [0.29, 0.717) is 30.0 Å². The number of benzene rings is 2. The molecule has 0 unspecified atom stereocenters. The Morgan fingerprint density at radius 3 is 1.83 bits per heavy atom. The molecular weight excluding hydrogens is 1000 g/mol. The fraction of sp³-hybridized carbons (Fsp3) is 0.429. The number of ketones is 1. The monoisotopic (exact) mass is 1030 g/mol. The van der Waals surface area contributed by atoms with E-state index in [4.69, 9.17) is 18.9 Å². The Morgan fingerprint density at radius 1 is 0.833 bits per heavy atom. The highest BCUT2D eigenvalue weighted by molar-refractivity contribution is 14.1. The van der Waals surface area contributed by atoms with Crippen LogP contribution in [0.15, 0.2) is 24.3 Å². The molecule has 0 aliphatic rings. The normalized spacial score (nSPS) is 12.3. The smallest absolute Gasteiger partial charge is 0.408 e. The molecule has 42 heavy (non-hydrogen) atoms. The number of Topliss-reactive ketones (excluding diaryl/α,β-unsaturated/α-hetero) is 1. The Labute approximate surface area is 299 Å². The van der Waals surface area contributed by atoms with Gasteiger partial charge in [-0.15, -0.1) is 0 Å². The van der Waals surface area contributed by atoms with Crippen LogP contribution >= 0.6 is 90.4 Å². The van der Waals surface area contributed by atoms with Crippen LogP contribution < -0.4 is 14.8 Å². The summed E-state index contributed by atoms with van der Waals surface area (Å²) in [6.45, 7) is 9.91. The van der Waals surface area contributed by atoms with Gasteiger partial charge in [-0.05, 0) is 141 Å². The molecule has 14 heteroatoms. The number of carbonyl (C=O) groups excluding carboxylic acids is 3.